The molecule has 1 fully saturated rings. The summed E-state index contributed by atoms with van der Waals surface area (Å²) in [5, 5.41) is 11.9. The number of H-pyrrole nitrogens is 1. The molecule has 0 aliphatic carbocycles. The van der Waals surface area contributed by atoms with E-state index in [1.807, 2.05) is 37.4 Å². The third-order valence-electron chi connectivity index (χ3n) is 5.11. The SMILES string of the molecule is CC(Cc1c[nH]c2ccccc12)NC(=O)C(N)=NC(=N)N1CCN(CC(F)(F)F)CC1. The maximum absolute atomic E-state index is 12.5. The Morgan fingerprint density at radius 3 is 2.65 bits per heavy atom. The van der Waals surface area contributed by atoms with Gasteiger partial charge in [0.25, 0.3) is 5.91 Å². The molecular weight excluding hydrogens is 411 g/mol. The third-order valence-corrected chi connectivity index (χ3v) is 5.11. The van der Waals surface area contributed by atoms with Crippen LogP contribution in [-0.4, -0.2) is 77.4 Å². The van der Waals surface area contributed by atoms with Crippen LogP contribution in [0.4, 0.5) is 13.2 Å². The number of halogens is 3. The highest BCUT2D eigenvalue weighted by atomic mass is 19.4. The first-order valence-electron chi connectivity index (χ1n) is 9.95. The highest BCUT2D eigenvalue weighted by Gasteiger charge is 2.32. The van der Waals surface area contributed by atoms with Crippen LogP contribution in [0, 0.1) is 5.41 Å². The Bertz CT molecular complexity index is 961. The first kappa shape index (κ1) is 22.6. The number of alkyl halides is 3. The Labute approximate surface area is 177 Å². The molecule has 0 saturated carbocycles. The summed E-state index contributed by atoms with van der Waals surface area (Å²) < 4.78 is 37.4. The lowest BCUT2D eigenvalue weighted by molar-refractivity contribution is -0.148. The lowest BCUT2D eigenvalue weighted by atomic mass is 10.1. The van der Waals surface area contributed by atoms with E-state index in [1.54, 1.807) is 0 Å². The van der Waals surface area contributed by atoms with Gasteiger partial charge in [-0.15, -0.1) is 0 Å². The Morgan fingerprint density at radius 2 is 1.97 bits per heavy atom. The van der Waals surface area contributed by atoms with Crippen molar-refractivity contribution in [2.24, 2.45) is 10.7 Å². The molecule has 0 spiro atoms. The van der Waals surface area contributed by atoms with Crippen molar-refractivity contribution in [1.29, 1.82) is 5.41 Å². The smallest absolute Gasteiger partial charge is 0.379 e. The summed E-state index contributed by atoms with van der Waals surface area (Å²) in [6.45, 7) is 1.61. The molecule has 1 amide bonds. The van der Waals surface area contributed by atoms with Gasteiger partial charge >= 0.3 is 6.18 Å². The fourth-order valence-corrected chi connectivity index (χ4v) is 3.59. The summed E-state index contributed by atoms with van der Waals surface area (Å²) in [6, 6.07) is 7.64. The van der Waals surface area contributed by atoms with E-state index >= 15 is 0 Å². The molecule has 1 aromatic carbocycles. The summed E-state index contributed by atoms with van der Waals surface area (Å²) in [5.41, 5.74) is 7.83. The van der Waals surface area contributed by atoms with Crippen molar-refractivity contribution >= 4 is 28.6 Å². The van der Waals surface area contributed by atoms with E-state index in [0.29, 0.717) is 6.42 Å². The summed E-state index contributed by atoms with van der Waals surface area (Å²) in [4.78, 5) is 22.2. The van der Waals surface area contributed by atoms with Crippen LogP contribution in [0.2, 0.25) is 0 Å². The van der Waals surface area contributed by atoms with Crippen LogP contribution in [0.15, 0.2) is 35.5 Å². The number of nitrogens with zero attached hydrogens (tertiary/aromatic N) is 3. The number of rotatable bonds is 4. The van der Waals surface area contributed by atoms with Gasteiger partial charge < -0.3 is 20.9 Å². The number of nitrogens with one attached hydrogen (secondary N) is 3. The van der Waals surface area contributed by atoms with Crippen molar-refractivity contribution < 1.29 is 18.0 Å². The molecule has 0 bridgehead atoms. The Balaban J connectivity index is 1.50. The van der Waals surface area contributed by atoms with E-state index in [-0.39, 0.29) is 44.0 Å². The van der Waals surface area contributed by atoms with E-state index in [4.69, 9.17) is 11.1 Å². The van der Waals surface area contributed by atoms with Gasteiger partial charge in [-0.3, -0.25) is 15.1 Å². The molecular formula is C20H26F3N7O. The molecule has 0 radical (unpaired) electrons. The van der Waals surface area contributed by atoms with Gasteiger partial charge in [-0.2, -0.15) is 18.2 Å². The number of guanidine groups is 1. The summed E-state index contributed by atoms with van der Waals surface area (Å²) in [7, 11) is 0. The number of amides is 1. The van der Waals surface area contributed by atoms with Crippen LogP contribution in [0.25, 0.3) is 10.9 Å². The lowest BCUT2D eigenvalue weighted by Gasteiger charge is -2.35. The predicted octanol–water partition coefficient (Wildman–Crippen LogP) is 1.69. The monoisotopic (exact) mass is 437 g/mol. The average Bonchev–Trinajstić information content (AvgIpc) is 3.10. The normalized spacial score (nSPS) is 17.0. The zero-order valence-electron chi connectivity index (χ0n) is 17.2. The predicted molar refractivity (Wildman–Crippen MR) is 113 cm³/mol. The zero-order valence-corrected chi connectivity index (χ0v) is 17.2. The minimum atomic E-state index is -4.25. The van der Waals surface area contributed by atoms with Crippen LogP contribution in [0.1, 0.15) is 12.5 Å². The van der Waals surface area contributed by atoms with Gasteiger partial charge in [0, 0.05) is 49.3 Å². The number of nitrogens with two attached hydrogens (primary N) is 1. The van der Waals surface area contributed by atoms with E-state index in [2.05, 4.69) is 15.3 Å². The average molecular weight is 437 g/mol. The number of carbonyl (C=O) groups excluding carboxylic acids is 1. The summed E-state index contributed by atoms with van der Waals surface area (Å²) >= 11 is 0. The number of amidine groups is 1. The van der Waals surface area contributed by atoms with Crippen LogP contribution in [0.3, 0.4) is 0 Å². The van der Waals surface area contributed by atoms with Crippen LogP contribution in [-0.2, 0) is 11.2 Å². The van der Waals surface area contributed by atoms with E-state index < -0.39 is 18.6 Å². The number of aromatic amines is 1. The topological polar surface area (TPSA) is 114 Å². The number of fused-ring (bicyclic) bond motifs is 1. The van der Waals surface area contributed by atoms with Gasteiger partial charge in [-0.05, 0) is 25.0 Å². The number of aromatic nitrogens is 1. The summed E-state index contributed by atoms with van der Waals surface area (Å²) in [6.07, 6.45) is -1.76. The van der Waals surface area contributed by atoms with Crippen molar-refractivity contribution in [1.82, 2.24) is 20.1 Å². The number of carbonyl (C=O) groups is 1. The van der Waals surface area contributed by atoms with Gasteiger partial charge in [0.1, 0.15) is 0 Å². The maximum Gasteiger partial charge on any atom is 0.401 e. The largest absolute Gasteiger partial charge is 0.401 e. The van der Waals surface area contributed by atoms with Gasteiger partial charge in [-0.25, -0.2) is 0 Å². The molecule has 1 unspecified atom stereocenters. The molecule has 168 valence electrons. The molecule has 1 aromatic heterocycles. The molecule has 5 N–H and O–H groups in total. The molecule has 1 saturated heterocycles. The quantitative estimate of drug-likeness (QED) is 0.431. The van der Waals surface area contributed by atoms with Crippen molar-refractivity contribution in [3.63, 3.8) is 0 Å². The van der Waals surface area contributed by atoms with Crippen LogP contribution < -0.4 is 11.1 Å². The summed E-state index contributed by atoms with van der Waals surface area (Å²) in [5.74, 6) is -1.18. The van der Waals surface area contributed by atoms with Crippen molar-refractivity contribution in [2.45, 2.75) is 25.6 Å². The van der Waals surface area contributed by atoms with Crippen molar-refractivity contribution in [2.75, 3.05) is 32.7 Å². The number of piperazine rings is 1. The second-order valence-electron chi connectivity index (χ2n) is 7.64. The Hall–Kier alpha value is -3.08. The van der Waals surface area contributed by atoms with Gasteiger partial charge in [-0.1, -0.05) is 18.2 Å². The number of para-hydroxylation sites is 1. The van der Waals surface area contributed by atoms with Crippen LogP contribution >= 0.6 is 0 Å². The number of hydrogen-bond acceptors (Lipinski definition) is 3. The molecule has 1 atom stereocenters. The molecule has 8 nitrogen and oxygen atoms in total. The molecule has 2 heterocycles. The maximum atomic E-state index is 12.5. The standard InChI is InChI=1S/C20H26F3N7O/c1-13(10-14-11-26-16-5-3-2-4-15(14)16)27-18(31)17(24)28-19(25)30-8-6-29(7-9-30)12-20(21,22)23/h2-5,11,13,26H,6-10,12H2,1H3,(H,27,31)(H3,24,25,28). The molecule has 31 heavy (non-hydrogen) atoms. The minimum Gasteiger partial charge on any atom is -0.379 e. The molecule has 1 aliphatic heterocycles. The van der Waals surface area contributed by atoms with Gasteiger partial charge in [0.05, 0.1) is 6.54 Å². The molecule has 11 heteroatoms. The Kier molecular flexibility index (Phi) is 6.84. The lowest BCUT2D eigenvalue weighted by Crippen LogP contribution is -2.51. The second-order valence-corrected chi connectivity index (χ2v) is 7.64. The highest BCUT2D eigenvalue weighted by Crippen LogP contribution is 2.19. The van der Waals surface area contributed by atoms with E-state index in [9.17, 15) is 18.0 Å². The zero-order chi connectivity index (χ0) is 22.6. The van der Waals surface area contributed by atoms with Crippen LogP contribution in [0.5, 0.6) is 0 Å². The number of aliphatic imine (C=N–C) groups is 1. The highest BCUT2D eigenvalue weighted by molar-refractivity contribution is 6.38. The Morgan fingerprint density at radius 1 is 1.29 bits per heavy atom. The first-order valence-corrected chi connectivity index (χ1v) is 9.95. The van der Waals surface area contributed by atoms with Gasteiger partial charge in [0.2, 0.25) is 5.96 Å². The first-order chi connectivity index (χ1) is 14.6. The number of hydrogen-bond donors (Lipinski definition) is 4. The minimum absolute atomic E-state index is 0.158. The molecule has 3 rings (SSSR count). The van der Waals surface area contributed by atoms with Gasteiger partial charge in [0.15, 0.2) is 5.84 Å². The molecule has 2 aromatic rings. The fraction of sp³-hybridized carbons (Fsp3) is 0.450. The van der Waals surface area contributed by atoms with E-state index in [0.717, 1.165) is 16.5 Å². The fourth-order valence-electron chi connectivity index (χ4n) is 3.59. The van der Waals surface area contributed by atoms with Crippen molar-refractivity contribution in [3.8, 4) is 0 Å². The van der Waals surface area contributed by atoms with E-state index in [1.165, 1.54) is 9.80 Å². The number of benzene rings is 1. The second kappa shape index (κ2) is 9.38. The van der Waals surface area contributed by atoms with Crippen molar-refractivity contribution in [3.05, 3.63) is 36.0 Å². The third kappa shape index (κ3) is 6.20. The molecule has 1 aliphatic rings.